The van der Waals surface area contributed by atoms with Crippen molar-refractivity contribution in [2.24, 2.45) is 5.73 Å². The number of nitrogens with zero attached hydrogens (tertiary/aromatic N) is 2. The van der Waals surface area contributed by atoms with Gasteiger partial charge in [0.05, 0.1) is 17.9 Å². The van der Waals surface area contributed by atoms with Crippen LogP contribution in [0.5, 0.6) is 5.88 Å². The van der Waals surface area contributed by atoms with Crippen LogP contribution >= 0.6 is 0 Å². The molecular weight excluding hydrogens is 390 g/mol. The van der Waals surface area contributed by atoms with E-state index < -0.39 is 30.9 Å². The molecule has 2 heterocycles. The highest BCUT2D eigenvalue weighted by atomic mass is 16.5. The summed E-state index contributed by atoms with van der Waals surface area (Å²) in [7, 11) is 0. The number of nitrogens with two attached hydrogens (primary N) is 1. The molecule has 0 atom stereocenters. The predicted octanol–water partition coefficient (Wildman–Crippen LogP) is 1.11. The highest BCUT2D eigenvalue weighted by Crippen LogP contribution is 2.32. The number of aliphatic hydroxyl groups excluding tert-OH is 1. The van der Waals surface area contributed by atoms with E-state index in [1.807, 2.05) is 37.3 Å². The Labute approximate surface area is 171 Å². The summed E-state index contributed by atoms with van der Waals surface area (Å²) in [6.45, 7) is 0.699. The molecule has 4 N–H and O–H groups in total. The van der Waals surface area contributed by atoms with Crippen LogP contribution in [0.2, 0.25) is 0 Å². The first kappa shape index (κ1) is 21.0. The van der Waals surface area contributed by atoms with Gasteiger partial charge in [-0.1, -0.05) is 37.3 Å². The number of hydrogen-bond acceptors (Lipinski definition) is 6. The Kier molecular flexibility index (Phi) is 6.12. The molecule has 0 radical (unpaired) electrons. The van der Waals surface area contributed by atoms with Gasteiger partial charge in [0, 0.05) is 18.3 Å². The van der Waals surface area contributed by atoms with Crippen molar-refractivity contribution < 1.29 is 29.3 Å². The topological polar surface area (TPSA) is 144 Å². The van der Waals surface area contributed by atoms with Gasteiger partial charge in [-0.25, -0.2) is 9.78 Å². The maximum Gasteiger partial charge on any atom is 0.341 e. The summed E-state index contributed by atoms with van der Waals surface area (Å²) in [6, 6.07) is 9.49. The molecule has 3 rings (SSSR count). The summed E-state index contributed by atoms with van der Waals surface area (Å²) in [6.07, 6.45) is 2.37. The van der Waals surface area contributed by atoms with Crippen LogP contribution in [0.15, 0.2) is 36.5 Å². The van der Waals surface area contributed by atoms with Crippen molar-refractivity contribution >= 4 is 23.2 Å². The van der Waals surface area contributed by atoms with E-state index in [0.717, 1.165) is 5.56 Å². The third-order valence-electron chi connectivity index (χ3n) is 4.66. The Bertz CT molecular complexity index is 1120. The van der Waals surface area contributed by atoms with Crippen molar-refractivity contribution in [1.29, 1.82) is 0 Å². The first-order chi connectivity index (χ1) is 14.4. The summed E-state index contributed by atoms with van der Waals surface area (Å²) in [5.41, 5.74) is 7.92. The van der Waals surface area contributed by atoms with Gasteiger partial charge in [0.15, 0.2) is 6.61 Å². The van der Waals surface area contributed by atoms with E-state index in [4.69, 9.17) is 15.6 Å². The number of Topliss-reactive ketones (excluding diaryl/α,β-unsaturated/α-hetero) is 1. The van der Waals surface area contributed by atoms with Gasteiger partial charge < -0.3 is 25.1 Å². The smallest absolute Gasteiger partial charge is 0.341 e. The Balaban J connectivity index is 2.35. The highest BCUT2D eigenvalue weighted by Gasteiger charge is 2.29. The average Bonchev–Trinajstić information content (AvgIpc) is 3.05. The van der Waals surface area contributed by atoms with Gasteiger partial charge in [-0.15, -0.1) is 0 Å². The second kappa shape index (κ2) is 8.75. The molecule has 0 saturated heterocycles. The van der Waals surface area contributed by atoms with E-state index in [1.54, 1.807) is 4.40 Å². The molecule has 9 nitrogen and oxygen atoms in total. The molecule has 30 heavy (non-hydrogen) atoms. The van der Waals surface area contributed by atoms with Crippen molar-refractivity contribution in [3.63, 3.8) is 0 Å². The Hall–Kier alpha value is -3.72. The molecule has 0 bridgehead atoms. The number of aliphatic hydroxyl groups is 1. The molecule has 0 aliphatic heterocycles. The number of aromatic nitrogens is 2. The average molecular weight is 411 g/mol. The van der Waals surface area contributed by atoms with Crippen LogP contribution in [0.4, 0.5) is 0 Å². The van der Waals surface area contributed by atoms with Crippen molar-refractivity contribution in [2.45, 2.75) is 26.4 Å². The molecule has 0 unspecified atom stereocenters. The Morgan fingerprint density at radius 1 is 1.20 bits per heavy atom. The lowest BCUT2D eigenvalue weighted by atomic mass is 9.99. The summed E-state index contributed by atoms with van der Waals surface area (Å²) in [5, 5.41) is 18.6. The lowest BCUT2D eigenvalue weighted by Gasteiger charge is -2.10. The third-order valence-corrected chi connectivity index (χ3v) is 4.66. The third kappa shape index (κ3) is 4.01. The molecule has 0 fully saturated rings. The highest BCUT2D eigenvalue weighted by molar-refractivity contribution is 6.44. The number of carboxylic acids is 1. The minimum absolute atomic E-state index is 0.0355. The maximum absolute atomic E-state index is 12.7. The van der Waals surface area contributed by atoms with Gasteiger partial charge in [-0.05, 0) is 17.5 Å². The van der Waals surface area contributed by atoms with Gasteiger partial charge in [0.25, 0.3) is 11.7 Å². The van der Waals surface area contributed by atoms with Crippen LogP contribution in [0, 0.1) is 0 Å². The van der Waals surface area contributed by atoms with Crippen LogP contribution in [0.3, 0.4) is 0 Å². The number of primary amides is 1. The second-order valence-corrected chi connectivity index (χ2v) is 6.61. The number of ketones is 1. The minimum Gasteiger partial charge on any atom is -0.479 e. The van der Waals surface area contributed by atoms with Crippen molar-refractivity contribution in [1.82, 2.24) is 9.38 Å². The number of carboxylic acid groups (broad SMARTS) is 1. The van der Waals surface area contributed by atoms with Gasteiger partial charge >= 0.3 is 5.97 Å². The maximum atomic E-state index is 12.7. The van der Waals surface area contributed by atoms with Crippen LogP contribution < -0.4 is 10.5 Å². The zero-order valence-electron chi connectivity index (χ0n) is 16.3. The molecule has 3 aromatic rings. The first-order valence-electron chi connectivity index (χ1n) is 9.26. The van der Waals surface area contributed by atoms with Crippen molar-refractivity contribution in [3.8, 4) is 5.88 Å². The number of rotatable bonds is 9. The first-order valence-corrected chi connectivity index (χ1v) is 9.26. The zero-order valence-corrected chi connectivity index (χ0v) is 16.3. The van der Waals surface area contributed by atoms with Gasteiger partial charge in [-0.3, -0.25) is 9.59 Å². The second-order valence-electron chi connectivity index (χ2n) is 6.61. The number of hydrogen-bond donors (Lipinski definition) is 3. The lowest BCUT2D eigenvalue weighted by Crippen LogP contribution is -2.24. The number of ether oxygens (including phenoxy) is 1. The number of fused-ring (bicyclic) bond motifs is 1. The molecule has 156 valence electrons. The monoisotopic (exact) mass is 411 g/mol. The number of aliphatic carboxylic acids is 1. The van der Waals surface area contributed by atoms with Crippen molar-refractivity contribution in [3.05, 3.63) is 64.6 Å². The van der Waals surface area contributed by atoms with Gasteiger partial charge in [0.2, 0.25) is 5.88 Å². The molecular formula is C21H21N3O6. The fourth-order valence-electron chi connectivity index (χ4n) is 3.44. The van der Waals surface area contributed by atoms with E-state index in [2.05, 4.69) is 4.98 Å². The Morgan fingerprint density at radius 2 is 1.90 bits per heavy atom. The van der Waals surface area contributed by atoms with Crippen LogP contribution in [0.1, 0.15) is 39.8 Å². The van der Waals surface area contributed by atoms with Crippen LogP contribution in [-0.4, -0.2) is 43.9 Å². The van der Waals surface area contributed by atoms with E-state index in [-0.39, 0.29) is 22.7 Å². The van der Waals surface area contributed by atoms with E-state index in [9.17, 15) is 19.5 Å². The molecule has 1 amide bonds. The summed E-state index contributed by atoms with van der Waals surface area (Å²) in [4.78, 5) is 39.6. The fourth-order valence-corrected chi connectivity index (χ4v) is 3.44. The van der Waals surface area contributed by atoms with Crippen LogP contribution in [0.25, 0.3) is 5.52 Å². The molecule has 0 aliphatic carbocycles. The standard InChI is InChI=1S/C21H21N3O6/c1-2-14-15(8-12-6-4-3-5-7-12)24-9-13(10-25)23-21(30-11-16(26)27)18(24)17(14)19(28)20(22)29/h3-7,9,25H,2,8,10-11H2,1H3,(H2,22,29)(H,26,27). The van der Waals surface area contributed by atoms with Crippen LogP contribution in [-0.2, 0) is 29.0 Å². The molecule has 9 heteroatoms. The normalized spacial score (nSPS) is 10.9. The predicted molar refractivity (Wildman–Crippen MR) is 106 cm³/mol. The molecule has 1 aromatic carbocycles. The van der Waals surface area contributed by atoms with Gasteiger partial charge in [0.1, 0.15) is 5.52 Å². The lowest BCUT2D eigenvalue weighted by molar-refractivity contribution is -0.139. The molecule has 0 spiro atoms. The molecule has 2 aromatic heterocycles. The quantitative estimate of drug-likeness (QED) is 0.353. The van der Waals surface area contributed by atoms with E-state index in [0.29, 0.717) is 24.1 Å². The minimum atomic E-state index is -1.24. The molecule has 0 saturated carbocycles. The number of benzene rings is 1. The Morgan fingerprint density at radius 3 is 2.47 bits per heavy atom. The van der Waals surface area contributed by atoms with Crippen molar-refractivity contribution in [2.75, 3.05) is 6.61 Å². The molecule has 0 aliphatic rings. The summed E-state index contributed by atoms with van der Waals surface area (Å²) < 4.78 is 6.93. The number of carbonyl (C=O) groups excluding carboxylic acids is 2. The number of amides is 1. The number of carbonyl (C=O) groups is 3. The summed E-state index contributed by atoms with van der Waals surface area (Å²) in [5.74, 6) is -3.46. The van der Waals surface area contributed by atoms with Gasteiger partial charge in [-0.2, -0.15) is 0 Å². The largest absolute Gasteiger partial charge is 0.479 e. The van der Waals surface area contributed by atoms with E-state index >= 15 is 0 Å². The SMILES string of the molecule is CCc1c(C(=O)C(N)=O)c2c(OCC(=O)O)nc(CO)cn2c1Cc1ccccc1. The fraction of sp³-hybridized carbons (Fsp3) is 0.238. The summed E-state index contributed by atoms with van der Waals surface area (Å²) >= 11 is 0. The zero-order chi connectivity index (χ0) is 21.8. The van der Waals surface area contributed by atoms with E-state index in [1.165, 1.54) is 6.20 Å².